The largest absolute Gasteiger partial charge is 0.363 e. The van der Waals surface area contributed by atoms with Crippen LogP contribution in [0.2, 0.25) is 0 Å². The van der Waals surface area contributed by atoms with Crippen LogP contribution >= 0.6 is 0 Å². The van der Waals surface area contributed by atoms with Gasteiger partial charge in [0.1, 0.15) is 0 Å². The second kappa shape index (κ2) is 17.4. The maximum absolute atomic E-state index is 13.2. The van der Waals surface area contributed by atoms with E-state index < -0.39 is 10.0 Å². The van der Waals surface area contributed by atoms with Gasteiger partial charge in [0.05, 0.1) is 11.3 Å². The van der Waals surface area contributed by atoms with Crippen molar-refractivity contribution < 1.29 is 8.42 Å². The van der Waals surface area contributed by atoms with E-state index in [-0.39, 0.29) is 11.3 Å². The van der Waals surface area contributed by atoms with Gasteiger partial charge in [0.15, 0.2) is 0 Å². The summed E-state index contributed by atoms with van der Waals surface area (Å²) in [5, 5.41) is 0. The van der Waals surface area contributed by atoms with Crippen LogP contribution in [0.1, 0.15) is 136 Å². The van der Waals surface area contributed by atoms with Crippen LogP contribution in [0.25, 0.3) is 5.57 Å². The lowest BCUT2D eigenvalue weighted by molar-refractivity contribution is 0.449. The maximum Gasteiger partial charge on any atom is 0.218 e. The molecule has 0 atom stereocenters. The predicted octanol–water partition coefficient (Wildman–Crippen LogP) is 9.21. The normalized spacial score (nSPS) is 15.1. The van der Waals surface area contributed by atoms with Gasteiger partial charge in [-0.1, -0.05) is 128 Å². The zero-order valence-corrected chi connectivity index (χ0v) is 26.3. The molecule has 0 aliphatic carbocycles. The molecule has 0 fully saturated rings. The van der Waals surface area contributed by atoms with Gasteiger partial charge in [0.25, 0.3) is 0 Å². The number of hydrogen-bond donors (Lipinski definition) is 0. The molecule has 0 radical (unpaired) electrons. The van der Waals surface area contributed by atoms with E-state index >= 15 is 0 Å². The zero-order valence-electron chi connectivity index (χ0n) is 25.4. The summed E-state index contributed by atoms with van der Waals surface area (Å²) in [7, 11) is -1.60. The highest BCUT2D eigenvalue weighted by Crippen LogP contribution is 2.39. The SMILES string of the molecule is CCCCCCCCCCCCCCCCCCN(C)S(=O)(=O)CC1=CC(C)(C)N(CC)c2ccccc21. The molecule has 218 valence electrons. The Morgan fingerprint density at radius 2 is 1.21 bits per heavy atom. The Morgan fingerprint density at radius 3 is 1.71 bits per heavy atom. The fraction of sp³-hybridized carbons (Fsp3) is 0.758. The second-order valence-corrected chi connectivity index (χ2v) is 14.0. The highest BCUT2D eigenvalue weighted by molar-refractivity contribution is 7.89. The van der Waals surface area contributed by atoms with E-state index in [9.17, 15) is 8.42 Å². The van der Waals surface area contributed by atoms with Crippen molar-refractivity contribution in [3.63, 3.8) is 0 Å². The summed E-state index contributed by atoms with van der Waals surface area (Å²) in [6, 6.07) is 8.22. The molecule has 0 amide bonds. The Hall–Kier alpha value is -1.33. The molecular formula is C33H58N2O2S. The molecule has 1 aliphatic heterocycles. The summed E-state index contributed by atoms with van der Waals surface area (Å²) in [4.78, 5) is 2.35. The molecule has 0 saturated carbocycles. The van der Waals surface area contributed by atoms with Crippen molar-refractivity contribution in [1.82, 2.24) is 4.31 Å². The Bertz CT molecular complexity index is 923. The summed E-state index contributed by atoms with van der Waals surface area (Å²) < 4.78 is 28.0. The minimum atomic E-state index is -3.35. The molecular weight excluding hydrogens is 488 g/mol. The number of likely N-dealkylation sites (N-methyl/N-ethyl adjacent to an activating group) is 1. The molecule has 38 heavy (non-hydrogen) atoms. The average Bonchev–Trinajstić information content (AvgIpc) is 2.87. The Labute approximate surface area is 236 Å². The maximum atomic E-state index is 13.2. The Kier molecular flexibility index (Phi) is 15.0. The summed E-state index contributed by atoms with van der Waals surface area (Å²) in [6.07, 6.45) is 23.4. The third kappa shape index (κ3) is 11.0. The van der Waals surface area contributed by atoms with Gasteiger partial charge in [-0.05, 0) is 38.8 Å². The molecule has 1 aromatic rings. The molecule has 5 heteroatoms. The first kappa shape index (κ1) is 32.9. The number of unbranched alkanes of at least 4 members (excludes halogenated alkanes) is 15. The van der Waals surface area contributed by atoms with Gasteiger partial charge in [-0.2, -0.15) is 0 Å². The van der Waals surface area contributed by atoms with Crippen molar-refractivity contribution in [3.05, 3.63) is 35.9 Å². The van der Waals surface area contributed by atoms with E-state index in [0.717, 1.165) is 36.2 Å². The van der Waals surface area contributed by atoms with Crippen LogP contribution in [0.15, 0.2) is 30.3 Å². The van der Waals surface area contributed by atoms with Crippen molar-refractivity contribution in [3.8, 4) is 0 Å². The molecule has 0 spiro atoms. The number of rotatable bonds is 21. The van der Waals surface area contributed by atoms with Gasteiger partial charge in [-0.25, -0.2) is 12.7 Å². The third-order valence-corrected chi connectivity index (χ3v) is 10.0. The predicted molar refractivity (Wildman–Crippen MR) is 167 cm³/mol. The number of para-hydroxylation sites is 1. The molecule has 0 N–H and O–H groups in total. The van der Waals surface area contributed by atoms with Crippen LogP contribution < -0.4 is 4.90 Å². The van der Waals surface area contributed by atoms with Crippen LogP contribution in [0.3, 0.4) is 0 Å². The molecule has 0 unspecified atom stereocenters. The summed E-state index contributed by atoms with van der Waals surface area (Å²) in [6.45, 7) is 10.3. The van der Waals surface area contributed by atoms with Crippen molar-refractivity contribution in [2.75, 3.05) is 30.8 Å². The number of nitrogens with zero attached hydrogens (tertiary/aromatic N) is 2. The third-order valence-electron chi connectivity index (χ3n) is 8.22. The van der Waals surface area contributed by atoms with Gasteiger partial charge >= 0.3 is 0 Å². The van der Waals surface area contributed by atoms with E-state index in [1.165, 1.54) is 89.9 Å². The summed E-state index contributed by atoms with van der Waals surface area (Å²) >= 11 is 0. The lowest BCUT2D eigenvalue weighted by Crippen LogP contribution is -2.45. The van der Waals surface area contributed by atoms with Crippen molar-refractivity contribution >= 4 is 21.3 Å². The highest BCUT2D eigenvalue weighted by atomic mass is 32.2. The topological polar surface area (TPSA) is 40.6 Å². The lowest BCUT2D eigenvalue weighted by Gasteiger charge is -2.43. The van der Waals surface area contributed by atoms with Gasteiger partial charge in [-0.15, -0.1) is 0 Å². The van der Waals surface area contributed by atoms with Gasteiger partial charge in [0, 0.05) is 31.4 Å². The van der Waals surface area contributed by atoms with E-state index in [2.05, 4.69) is 50.8 Å². The van der Waals surface area contributed by atoms with E-state index in [0.29, 0.717) is 6.54 Å². The van der Waals surface area contributed by atoms with Crippen LogP contribution in [0, 0.1) is 0 Å². The molecule has 1 aromatic carbocycles. The minimum Gasteiger partial charge on any atom is -0.363 e. The highest BCUT2D eigenvalue weighted by Gasteiger charge is 2.33. The van der Waals surface area contributed by atoms with E-state index in [4.69, 9.17) is 0 Å². The van der Waals surface area contributed by atoms with Crippen LogP contribution in [0.4, 0.5) is 5.69 Å². The van der Waals surface area contributed by atoms with Gasteiger partial charge in [-0.3, -0.25) is 0 Å². The molecule has 2 rings (SSSR count). The van der Waals surface area contributed by atoms with Crippen molar-refractivity contribution in [2.45, 2.75) is 136 Å². The van der Waals surface area contributed by atoms with Crippen molar-refractivity contribution in [2.24, 2.45) is 0 Å². The fourth-order valence-electron chi connectivity index (χ4n) is 5.90. The monoisotopic (exact) mass is 546 g/mol. The summed E-state index contributed by atoms with van der Waals surface area (Å²) in [5.74, 6) is 0.0698. The first-order chi connectivity index (χ1) is 18.2. The van der Waals surface area contributed by atoms with Crippen LogP contribution in [-0.4, -0.2) is 44.2 Å². The first-order valence-corrected chi connectivity index (χ1v) is 17.4. The summed E-state index contributed by atoms with van der Waals surface area (Å²) in [5.41, 5.74) is 2.90. The first-order valence-electron chi connectivity index (χ1n) is 15.8. The standard InChI is InChI=1S/C33H58N2O2S/c1-6-8-9-10-11-12-13-14-15-16-17-18-19-20-21-24-27-34(5)38(36,37)29-30-28-33(3,4)35(7-2)32-26-23-22-25-31(30)32/h22-23,25-26,28H,6-21,24,27,29H2,1-5H3. The molecule has 1 aliphatic rings. The Balaban J connectivity index is 1.61. The smallest absolute Gasteiger partial charge is 0.218 e. The second-order valence-electron chi connectivity index (χ2n) is 12.0. The van der Waals surface area contributed by atoms with Crippen LogP contribution in [-0.2, 0) is 10.0 Å². The minimum absolute atomic E-state index is 0.0698. The zero-order chi connectivity index (χ0) is 27.9. The molecule has 0 bridgehead atoms. The quantitative estimate of drug-likeness (QED) is 0.144. The number of benzene rings is 1. The average molecular weight is 547 g/mol. The van der Waals surface area contributed by atoms with Crippen molar-refractivity contribution in [1.29, 1.82) is 0 Å². The van der Waals surface area contributed by atoms with Crippen LogP contribution in [0.5, 0.6) is 0 Å². The number of anilines is 1. The van der Waals surface area contributed by atoms with Gasteiger partial charge < -0.3 is 4.90 Å². The number of fused-ring (bicyclic) bond motifs is 1. The number of sulfonamides is 1. The molecule has 1 heterocycles. The van der Waals surface area contributed by atoms with Gasteiger partial charge in [0.2, 0.25) is 10.0 Å². The lowest BCUT2D eigenvalue weighted by atomic mass is 9.89. The fourth-order valence-corrected chi connectivity index (χ4v) is 7.16. The number of hydrogen-bond acceptors (Lipinski definition) is 3. The molecule has 4 nitrogen and oxygen atoms in total. The van der Waals surface area contributed by atoms with E-state index in [1.54, 1.807) is 11.4 Å². The molecule has 0 aromatic heterocycles. The Morgan fingerprint density at radius 1 is 0.737 bits per heavy atom. The molecule has 0 saturated heterocycles. The van der Waals surface area contributed by atoms with E-state index in [1.807, 2.05) is 12.1 Å².